The smallest absolute Gasteiger partial charge is 0.00991 e. The van der Waals surface area contributed by atoms with Crippen LogP contribution in [0.1, 0.15) is 66.2 Å². The summed E-state index contributed by atoms with van der Waals surface area (Å²) in [5.74, 6) is 0. The molecule has 2 nitrogen and oxygen atoms in total. The number of rotatable bonds is 7. The van der Waals surface area contributed by atoms with Gasteiger partial charge < -0.3 is 5.32 Å². The van der Waals surface area contributed by atoms with E-state index in [9.17, 15) is 0 Å². The first-order valence-corrected chi connectivity index (χ1v) is 7.71. The van der Waals surface area contributed by atoms with E-state index >= 15 is 0 Å². The van der Waals surface area contributed by atoms with Gasteiger partial charge in [-0.25, -0.2) is 0 Å². The Labute approximate surface area is 108 Å². The molecule has 1 saturated carbocycles. The molecule has 1 aliphatic carbocycles. The van der Waals surface area contributed by atoms with Gasteiger partial charge in [-0.3, -0.25) is 4.90 Å². The number of nitrogens with zero attached hydrogens (tertiary/aromatic N) is 1. The van der Waals surface area contributed by atoms with E-state index < -0.39 is 0 Å². The Morgan fingerprint density at radius 2 is 1.76 bits per heavy atom. The second-order valence-electron chi connectivity index (χ2n) is 5.55. The van der Waals surface area contributed by atoms with Gasteiger partial charge in [0, 0.05) is 18.1 Å². The summed E-state index contributed by atoms with van der Waals surface area (Å²) >= 11 is 0. The first-order valence-electron chi connectivity index (χ1n) is 7.71. The van der Waals surface area contributed by atoms with Crippen molar-refractivity contribution in [3.63, 3.8) is 0 Å². The SMILES string of the molecule is CCCNC1CCC(N(CC)C(C)CC)CC1. The van der Waals surface area contributed by atoms with Crippen LogP contribution in [0.3, 0.4) is 0 Å². The molecule has 0 aromatic rings. The first kappa shape index (κ1) is 15.0. The molecular weight excluding hydrogens is 208 g/mol. The van der Waals surface area contributed by atoms with Gasteiger partial charge in [0.1, 0.15) is 0 Å². The summed E-state index contributed by atoms with van der Waals surface area (Å²) in [5.41, 5.74) is 0. The van der Waals surface area contributed by atoms with E-state index in [1.165, 1.54) is 51.6 Å². The third-order valence-electron chi connectivity index (χ3n) is 4.37. The van der Waals surface area contributed by atoms with E-state index in [2.05, 4.69) is 37.9 Å². The van der Waals surface area contributed by atoms with Crippen LogP contribution in [0.15, 0.2) is 0 Å². The van der Waals surface area contributed by atoms with Crippen LogP contribution in [-0.4, -0.2) is 36.1 Å². The van der Waals surface area contributed by atoms with Crippen LogP contribution in [-0.2, 0) is 0 Å². The van der Waals surface area contributed by atoms with Crippen molar-refractivity contribution in [1.29, 1.82) is 0 Å². The minimum absolute atomic E-state index is 0.755. The molecule has 2 heteroatoms. The van der Waals surface area contributed by atoms with Gasteiger partial charge in [0.2, 0.25) is 0 Å². The van der Waals surface area contributed by atoms with Crippen molar-refractivity contribution in [2.45, 2.75) is 84.3 Å². The summed E-state index contributed by atoms with van der Waals surface area (Å²) in [5, 5.41) is 3.67. The summed E-state index contributed by atoms with van der Waals surface area (Å²) in [7, 11) is 0. The quantitative estimate of drug-likeness (QED) is 0.733. The Bertz CT molecular complexity index is 185. The zero-order chi connectivity index (χ0) is 12.7. The second kappa shape index (κ2) is 8.10. The Morgan fingerprint density at radius 3 is 2.24 bits per heavy atom. The Hall–Kier alpha value is -0.0800. The van der Waals surface area contributed by atoms with Crippen LogP contribution in [0, 0.1) is 0 Å². The van der Waals surface area contributed by atoms with Gasteiger partial charge in [-0.05, 0) is 58.5 Å². The van der Waals surface area contributed by atoms with Gasteiger partial charge in [0.25, 0.3) is 0 Å². The summed E-state index contributed by atoms with van der Waals surface area (Å²) in [6, 6.07) is 2.39. The molecule has 0 aromatic heterocycles. The van der Waals surface area contributed by atoms with Gasteiger partial charge in [-0.1, -0.05) is 20.8 Å². The molecule has 1 unspecified atom stereocenters. The number of hydrogen-bond acceptors (Lipinski definition) is 2. The predicted molar refractivity (Wildman–Crippen MR) is 76.5 cm³/mol. The van der Waals surface area contributed by atoms with Gasteiger partial charge >= 0.3 is 0 Å². The average molecular weight is 240 g/mol. The molecule has 1 aliphatic rings. The molecule has 0 spiro atoms. The van der Waals surface area contributed by atoms with Crippen molar-refractivity contribution in [3.8, 4) is 0 Å². The van der Waals surface area contributed by atoms with E-state index in [1.807, 2.05) is 0 Å². The van der Waals surface area contributed by atoms with Crippen molar-refractivity contribution in [1.82, 2.24) is 10.2 Å². The predicted octanol–water partition coefficient (Wildman–Crippen LogP) is 3.42. The van der Waals surface area contributed by atoms with Crippen molar-refractivity contribution < 1.29 is 0 Å². The highest BCUT2D eigenvalue weighted by atomic mass is 15.2. The maximum atomic E-state index is 3.67. The summed E-state index contributed by atoms with van der Waals surface area (Å²) in [6.45, 7) is 11.7. The molecule has 1 atom stereocenters. The Balaban J connectivity index is 2.34. The van der Waals surface area contributed by atoms with Gasteiger partial charge in [-0.15, -0.1) is 0 Å². The summed E-state index contributed by atoms with van der Waals surface area (Å²) in [4.78, 5) is 2.72. The summed E-state index contributed by atoms with van der Waals surface area (Å²) in [6.07, 6.45) is 8.06. The van der Waals surface area contributed by atoms with Crippen molar-refractivity contribution >= 4 is 0 Å². The third-order valence-corrected chi connectivity index (χ3v) is 4.37. The van der Waals surface area contributed by atoms with E-state index in [-0.39, 0.29) is 0 Å². The normalized spacial score (nSPS) is 27.4. The fraction of sp³-hybridized carbons (Fsp3) is 1.00. The van der Waals surface area contributed by atoms with E-state index in [4.69, 9.17) is 0 Å². The van der Waals surface area contributed by atoms with Gasteiger partial charge in [0.15, 0.2) is 0 Å². The molecule has 0 saturated heterocycles. The highest BCUT2D eigenvalue weighted by Gasteiger charge is 2.26. The van der Waals surface area contributed by atoms with Crippen LogP contribution in [0.5, 0.6) is 0 Å². The second-order valence-corrected chi connectivity index (χ2v) is 5.55. The highest BCUT2D eigenvalue weighted by molar-refractivity contribution is 4.84. The lowest BCUT2D eigenvalue weighted by Crippen LogP contribution is -2.46. The molecule has 17 heavy (non-hydrogen) atoms. The molecule has 1 rings (SSSR count). The highest BCUT2D eigenvalue weighted by Crippen LogP contribution is 2.25. The van der Waals surface area contributed by atoms with Crippen LogP contribution < -0.4 is 5.32 Å². The van der Waals surface area contributed by atoms with E-state index in [0.717, 1.165) is 18.1 Å². The molecule has 1 N–H and O–H groups in total. The molecule has 0 heterocycles. The Morgan fingerprint density at radius 1 is 1.12 bits per heavy atom. The molecular formula is C15H32N2. The summed E-state index contributed by atoms with van der Waals surface area (Å²) < 4.78 is 0. The van der Waals surface area contributed by atoms with Crippen molar-refractivity contribution in [2.75, 3.05) is 13.1 Å². The minimum Gasteiger partial charge on any atom is -0.314 e. The largest absolute Gasteiger partial charge is 0.314 e. The molecule has 0 amide bonds. The van der Waals surface area contributed by atoms with Crippen LogP contribution >= 0.6 is 0 Å². The van der Waals surface area contributed by atoms with Crippen LogP contribution in [0.4, 0.5) is 0 Å². The molecule has 102 valence electrons. The van der Waals surface area contributed by atoms with Crippen LogP contribution in [0.2, 0.25) is 0 Å². The lowest BCUT2D eigenvalue weighted by Gasteiger charge is -2.39. The fourth-order valence-electron chi connectivity index (χ4n) is 3.12. The van der Waals surface area contributed by atoms with E-state index in [1.54, 1.807) is 0 Å². The van der Waals surface area contributed by atoms with Crippen molar-refractivity contribution in [2.24, 2.45) is 0 Å². The monoisotopic (exact) mass is 240 g/mol. The minimum atomic E-state index is 0.755. The fourth-order valence-corrected chi connectivity index (χ4v) is 3.12. The maximum absolute atomic E-state index is 3.67. The van der Waals surface area contributed by atoms with E-state index in [0.29, 0.717) is 0 Å². The number of hydrogen-bond donors (Lipinski definition) is 1. The zero-order valence-electron chi connectivity index (χ0n) is 12.3. The molecule has 1 fully saturated rings. The number of nitrogens with one attached hydrogen (secondary N) is 1. The molecule has 0 bridgehead atoms. The Kier molecular flexibility index (Phi) is 7.14. The standard InChI is InChI=1S/C15H32N2/c1-5-12-16-14-8-10-15(11-9-14)17(7-3)13(4)6-2/h13-16H,5-12H2,1-4H3. The zero-order valence-corrected chi connectivity index (χ0v) is 12.3. The molecule has 0 radical (unpaired) electrons. The average Bonchev–Trinajstić information content (AvgIpc) is 2.38. The topological polar surface area (TPSA) is 15.3 Å². The first-order chi connectivity index (χ1) is 8.22. The third kappa shape index (κ3) is 4.59. The van der Waals surface area contributed by atoms with Crippen LogP contribution in [0.25, 0.3) is 0 Å². The van der Waals surface area contributed by atoms with Gasteiger partial charge in [-0.2, -0.15) is 0 Å². The lowest BCUT2D eigenvalue weighted by atomic mass is 9.89. The van der Waals surface area contributed by atoms with Crippen molar-refractivity contribution in [3.05, 3.63) is 0 Å². The molecule has 0 aliphatic heterocycles. The van der Waals surface area contributed by atoms with Gasteiger partial charge in [0.05, 0.1) is 0 Å². The molecule has 0 aromatic carbocycles. The maximum Gasteiger partial charge on any atom is 0.00991 e. The lowest BCUT2D eigenvalue weighted by molar-refractivity contribution is 0.107.